The van der Waals surface area contributed by atoms with Gasteiger partial charge in [-0.1, -0.05) is 0 Å². The minimum Gasteiger partial charge on any atom is -0.759 e. The van der Waals surface area contributed by atoms with Crippen molar-refractivity contribution in [2.45, 2.75) is 45.2 Å². The molecule has 92 valence electrons. The van der Waals surface area contributed by atoms with E-state index in [4.69, 9.17) is 17.5 Å². The highest BCUT2D eigenvalue weighted by atomic mass is 32.3. The van der Waals surface area contributed by atoms with Crippen LogP contribution in [0.25, 0.3) is 0 Å². The first-order valence-corrected chi connectivity index (χ1v) is 6.06. The van der Waals surface area contributed by atoms with Gasteiger partial charge in [0, 0.05) is 23.2 Å². The highest BCUT2D eigenvalue weighted by Gasteiger charge is 2.53. The zero-order valence-corrected chi connectivity index (χ0v) is 10.3. The first kappa shape index (κ1) is 14.8. The molecule has 1 aliphatic carbocycles. The van der Waals surface area contributed by atoms with Crippen LogP contribution in [0.3, 0.4) is 0 Å². The van der Waals surface area contributed by atoms with E-state index in [0.717, 1.165) is 0 Å². The summed E-state index contributed by atoms with van der Waals surface area (Å²) in [4.78, 5) is 0. The minimum absolute atomic E-state index is 0.249. The van der Waals surface area contributed by atoms with Gasteiger partial charge in [-0.2, -0.15) is 0 Å². The second-order valence-corrected chi connectivity index (χ2v) is 5.74. The molecule has 1 rings (SSSR count). The summed E-state index contributed by atoms with van der Waals surface area (Å²) in [5.74, 6) is 0. The second-order valence-electron chi connectivity index (χ2n) is 4.93. The maximum Gasteiger partial charge on any atom is 0.103 e. The Labute approximate surface area is 90.6 Å². The Kier molecular flexibility index (Phi) is 4.28. The Morgan fingerprint density at radius 2 is 1.60 bits per heavy atom. The third kappa shape index (κ3) is 4.43. The topological polar surface area (TPSA) is 136 Å². The van der Waals surface area contributed by atoms with Crippen molar-refractivity contribution in [1.29, 1.82) is 0 Å². The van der Waals surface area contributed by atoms with Gasteiger partial charge in [-0.3, -0.25) is 8.42 Å². The Balaban J connectivity index is 0.000000336. The third-order valence-corrected chi connectivity index (χ3v) is 3.62. The smallest absolute Gasteiger partial charge is 0.103 e. The summed E-state index contributed by atoms with van der Waals surface area (Å²) in [6.07, 6.45) is 2.47. The monoisotopic (exact) mass is 240 g/mol. The fraction of sp³-hybridized carbons (Fsp3) is 1.00. The molecule has 7 heteroatoms. The molecule has 0 unspecified atom stereocenters. The predicted octanol–water partition coefficient (Wildman–Crippen LogP) is -1.92. The summed E-state index contributed by atoms with van der Waals surface area (Å²) in [6.45, 7) is 6.81. The Morgan fingerprint density at radius 3 is 1.67 bits per heavy atom. The van der Waals surface area contributed by atoms with Crippen LogP contribution in [0.5, 0.6) is 0 Å². The van der Waals surface area contributed by atoms with Crippen LogP contribution in [-0.4, -0.2) is 29.1 Å². The van der Waals surface area contributed by atoms with Crippen LogP contribution in [-0.2, 0) is 10.4 Å². The molecule has 6 nitrogen and oxygen atoms in total. The van der Waals surface area contributed by atoms with Crippen LogP contribution < -0.4 is 11.5 Å². The lowest BCUT2D eigenvalue weighted by Crippen LogP contribution is -2.79. The van der Waals surface area contributed by atoms with E-state index in [1.807, 2.05) is 0 Å². The van der Waals surface area contributed by atoms with E-state index < -0.39 is 10.4 Å². The van der Waals surface area contributed by atoms with Gasteiger partial charge >= 0.3 is 0 Å². The first-order chi connectivity index (χ1) is 6.38. The van der Waals surface area contributed by atoms with E-state index >= 15 is 0 Å². The Morgan fingerprint density at radius 1 is 1.27 bits per heavy atom. The number of hydrogen-bond acceptors (Lipinski definition) is 4. The molecule has 0 bridgehead atoms. The molecule has 0 radical (unpaired) electrons. The largest absolute Gasteiger partial charge is 0.759 e. The van der Waals surface area contributed by atoms with Crippen LogP contribution in [0.2, 0.25) is 0 Å². The van der Waals surface area contributed by atoms with E-state index in [1.165, 1.54) is 12.8 Å². The van der Waals surface area contributed by atoms with E-state index in [-0.39, 0.29) is 5.54 Å². The number of hydrogen-bond donors (Lipinski definition) is 2. The average molecular weight is 240 g/mol. The van der Waals surface area contributed by atoms with Crippen molar-refractivity contribution >= 4 is 10.4 Å². The van der Waals surface area contributed by atoms with Gasteiger partial charge in [0.05, 0.1) is 11.5 Å². The van der Waals surface area contributed by atoms with Crippen molar-refractivity contribution in [2.24, 2.45) is 5.41 Å². The fourth-order valence-electron chi connectivity index (χ4n) is 1.67. The van der Waals surface area contributed by atoms with Gasteiger partial charge in [-0.05, 0) is 20.8 Å². The summed E-state index contributed by atoms with van der Waals surface area (Å²) in [6, 6.07) is 0.593. The van der Waals surface area contributed by atoms with E-state index in [2.05, 4.69) is 32.2 Å². The lowest BCUT2D eigenvalue weighted by molar-refractivity contribution is -0.519. The van der Waals surface area contributed by atoms with Crippen molar-refractivity contribution in [3.05, 3.63) is 0 Å². The highest BCUT2D eigenvalue weighted by Crippen LogP contribution is 2.40. The molecule has 1 saturated carbocycles. The first-order valence-electron chi connectivity index (χ1n) is 4.73. The van der Waals surface area contributed by atoms with Gasteiger partial charge in [0.2, 0.25) is 0 Å². The molecule has 0 heterocycles. The highest BCUT2D eigenvalue weighted by molar-refractivity contribution is 7.79. The fourth-order valence-corrected chi connectivity index (χ4v) is 1.67. The molecule has 1 aliphatic rings. The molecule has 0 saturated heterocycles. The van der Waals surface area contributed by atoms with Gasteiger partial charge in [-0.25, -0.2) is 0 Å². The lowest BCUT2D eigenvalue weighted by atomic mass is 9.75. The summed E-state index contributed by atoms with van der Waals surface area (Å²) in [5, 5.41) is 0. The van der Waals surface area contributed by atoms with E-state index in [1.54, 1.807) is 0 Å². The maximum absolute atomic E-state index is 8.52. The Bertz CT molecular complexity index is 303. The summed E-state index contributed by atoms with van der Waals surface area (Å²) >= 11 is 0. The predicted molar refractivity (Wildman–Crippen MR) is 51.5 cm³/mol. The minimum atomic E-state index is -5.17. The zero-order chi connectivity index (χ0) is 12.5. The van der Waals surface area contributed by atoms with E-state index in [9.17, 15) is 0 Å². The molecule has 6 N–H and O–H groups in total. The van der Waals surface area contributed by atoms with Crippen molar-refractivity contribution in [3.8, 4) is 0 Å². The van der Waals surface area contributed by atoms with Crippen LogP contribution in [0.15, 0.2) is 0 Å². The second kappa shape index (κ2) is 4.34. The third-order valence-electron chi connectivity index (χ3n) is 3.62. The molecule has 0 aromatic rings. The molecule has 0 aliphatic heterocycles. The lowest BCUT2D eigenvalue weighted by Gasteiger charge is -2.31. The van der Waals surface area contributed by atoms with Crippen molar-refractivity contribution < 1.29 is 29.0 Å². The molecule has 1 fully saturated rings. The number of quaternary nitrogens is 2. The van der Waals surface area contributed by atoms with Gasteiger partial charge in [0.1, 0.15) is 5.54 Å². The summed E-state index contributed by atoms with van der Waals surface area (Å²) in [7, 11) is -5.17. The Hall–Kier alpha value is -0.210. The van der Waals surface area contributed by atoms with Crippen LogP contribution >= 0.6 is 0 Å². The quantitative estimate of drug-likeness (QED) is 0.376. The van der Waals surface area contributed by atoms with Crippen molar-refractivity contribution in [1.82, 2.24) is 0 Å². The molecule has 0 aromatic carbocycles. The summed E-state index contributed by atoms with van der Waals surface area (Å²) < 4.78 is 34.1. The van der Waals surface area contributed by atoms with Crippen LogP contribution in [0, 0.1) is 5.41 Å². The standard InChI is InChI=1S/C8H18N2.H2O4S/c1-7(2)6(9)4-5-8(7,3)10;1-5(2,3)4/h6H,4-5,9-10H2,1-3H3;(H2,1,2,3,4)/t6-,8+;/m0./s1. The molecule has 0 amide bonds. The van der Waals surface area contributed by atoms with E-state index in [0.29, 0.717) is 11.5 Å². The van der Waals surface area contributed by atoms with Crippen LogP contribution in [0.1, 0.15) is 33.6 Å². The van der Waals surface area contributed by atoms with Gasteiger partial charge in [-0.15, -0.1) is 0 Å². The van der Waals surface area contributed by atoms with Crippen LogP contribution in [0.4, 0.5) is 0 Å². The normalized spacial score (nSPS) is 34.5. The molecule has 15 heavy (non-hydrogen) atoms. The van der Waals surface area contributed by atoms with Gasteiger partial charge in [0.15, 0.2) is 0 Å². The van der Waals surface area contributed by atoms with Crippen molar-refractivity contribution in [2.75, 3.05) is 0 Å². The maximum atomic E-state index is 8.52. The molecule has 0 spiro atoms. The number of rotatable bonds is 0. The SMILES string of the molecule is CC1(C)[C@@H]([NH3+])CC[C@@]1(C)[NH3+].O=S(=O)([O-])[O-]. The van der Waals surface area contributed by atoms with Crippen molar-refractivity contribution in [3.63, 3.8) is 0 Å². The molecular formula is C8H20N2O4S. The molecule has 0 aromatic heterocycles. The molecule has 2 atom stereocenters. The molecular weight excluding hydrogens is 220 g/mol. The van der Waals surface area contributed by atoms with Gasteiger partial charge < -0.3 is 20.6 Å². The summed E-state index contributed by atoms with van der Waals surface area (Å²) in [5.41, 5.74) is 8.95. The average Bonchev–Trinajstić information content (AvgIpc) is 2.10. The van der Waals surface area contributed by atoms with Gasteiger partial charge in [0.25, 0.3) is 0 Å². The zero-order valence-electron chi connectivity index (χ0n) is 9.45.